The lowest BCUT2D eigenvalue weighted by atomic mass is 10.1. The van der Waals surface area contributed by atoms with Crippen molar-refractivity contribution in [2.75, 3.05) is 13.2 Å². The molecule has 1 saturated heterocycles. The van der Waals surface area contributed by atoms with Crippen LogP contribution in [0.1, 0.15) is 12.0 Å². The number of alkyl carbamates (subject to hydrolysis) is 1. The second-order valence-corrected chi connectivity index (χ2v) is 4.24. The number of ether oxygens (including phenoxy) is 2. The molecular weight excluding hydrogens is 234 g/mol. The quantitative estimate of drug-likeness (QED) is 0.843. The first-order valence-electron chi connectivity index (χ1n) is 5.99. The zero-order valence-electron chi connectivity index (χ0n) is 10.0. The van der Waals surface area contributed by atoms with Crippen LogP contribution in [0.2, 0.25) is 0 Å². The van der Waals surface area contributed by atoms with E-state index in [9.17, 15) is 9.90 Å². The number of hydrogen-bond donors (Lipinski definition) is 2. The van der Waals surface area contributed by atoms with Gasteiger partial charge in [-0.05, 0) is 12.0 Å². The number of carbonyl (C=O) groups is 1. The van der Waals surface area contributed by atoms with Crippen LogP contribution in [0, 0.1) is 0 Å². The van der Waals surface area contributed by atoms with Crippen LogP contribution in [0.25, 0.3) is 0 Å². The predicted molar refractivity (Wildman–Crippen MR) is 65.0 cm³/mol. The maximum absolute atomic E-state index is 11.5. The van der Waals surface area contributed by atoms with Gasteiger partial charge in [0.15, 0.2) is 0 Å². The number of benzene rings is 1. The Balaban J connectivity index is 1.75. The maximum Gasteiger partial charge on any atom is 0.407 e. The molecule has 0 unspecified atom stereocenters. The molecule has 1 fully saturated rings. The van der Waals surface area contributed by atoms with E-state index < -0.39 is 12.2 Å². The van der Waals surface area contributed by atoms with Gasteiger partial charge in [0.25, 0.3) is 0 Å². The van der Waals surface area contributed by atoms with E-state index in [2.05, 4.69) is 5.32 Å². The molecule has 1 heterocycles. The summed E-state index contributed by atoms with van der Waals surface area (Å²) in [7, 11) is 0. The second kappa shape index (κ2) is 6.37. The predicted octanol–water partition coefficient (Wildman–Crippen LogP) is 1.06. The van der Waals surface area contributed by atoms with Gasteiger partial charge in [-0.15, -0.1) is 0 Å². The smallest absolute Gasteiger partial charge is 0.407 e. The summed E-state index contributed by atoms with van der Waals surface area (Å²) in [6.45, 7) is 1.02. The topological polar surface area (TPSA) is 67.8 Å². The van der Waals surface area contributed by atoms with Crippen molar-refractivity contribution >= 4 is 6.09 Å². The Morgan fingerprint density at radius 2 is 2.22 bits per heavy atom. The van der Waals surface area contributed by atoms with E-state index in [0.717, 1.165) is 5.56 Å². The molecule has 0 bridgehead atoms. The molecule has 0 aromatic heterocycles. The number of amides is 1. The number of hydrogen-bond acceptors (Lipinski definition) is 4. The highest BCUT2D eigenvalue weighted by atomic mass is 16.5. The van der Waals surface area contributed by atoms with Crippen LogP contribution in [0.4, 0.5) is 4.79 Å². The molecule has 2 rings (SSSR count). The summed E-state index contributed by atoms with van der Waals surface area (Å²) in [5, 5.41) is 12.3. The van der Waals surface area contributed by atoms with E-state index >= 15 is 0 Å². The molecule has 0 aliphatic carbocycles. The van der Waals surface area contributed by atoms with Crippen molar-refractivity contribution in [3.63, 3.8) is 0 Å². The van der Waals surface area contributed by atoms with Gasteiger partial charge >= 0.3 is 6.09 Å². The molecule has 1 aromatic rings. The normalized spacial score (nSPS) is 23.4. The fourth-order valence-electron chi connectivity index (χ4n) is 1.81. The van der Waals surface area contributed by atoms with Gasteiger partial charge in [-0.2, -0.15) is 0 Å². The van der Waals surface area contributed by atoms with Gasteiger partial charge in [-0.1, -0.05) is 30.3 Å². The van der Waals surface area contributed by atoms with E-state index in [1.807, 2.05) is 30.3 Å². The van der Waals surface area contributed by atoms with Crippen LogP contribution in [-0.2, 0) is 16.1 Å². The summed E-state index contributed by atoms with van der Waals surface area (Å²) in [4.78, 5) is 11.5. The Labute approximate surface area is 106 Å². The summed E-state index contributed by atoms with van der Waals surface area (Å²) in [6, 6.07) is 9.16. The molecule has 2 N–H and O–H groups in total. The van der Waals surface area contributed by atoms with Gasteiger partial charge in [-0.3, -0.25) is 0 Å². The lowest BCUT2D eigenvalue weighted by Crippen LogP contribution is -2.48. The van der Waals surface area contributed by atoms with Crippen LogP contribution < -0.4 is 5.32 Å². The van der Waals surface area contributed by atoms with Crippen molar-refractivity contribution in [3.05, 3.63) is 35.9 Å². The van der Waals surface area contributed by atoms with Crippen molar-refractivity contribution in [2.45, 2.75) is 25.2 Å². The lowest BCUT2D eigenvalue weighted by Gasteiger charge is -2.27. The molecule has 5 heteroatoms. The van der Waals surface area contributed by atoms with Gasteiger partial charge < -0.3 is 19.9 Å². The number of carbonyl (C=O) groups excluding carboxylic acids is 1. The molecular formula is C13H17NO4. The second-order valence-electron chi connectivity index (χ2n) is 4.24. The average Bonchev–Trinajstić information content (AvgIpc) is 2.40. The maximum atomic E-state index is 11.5. The minimum Gasteiger partial charge on any atom is -0.445 e. The highest BCUT2D eigenvalue weighted by Crippen LogP contribution is 2.08. The van der Waals surface area contributed by atoms with Gasteiger partial charge in [0.1, 0.15) is 6.61 Å². The van der Waals surface area contributed by atoms with E-state index in [1.165, 1.54) is 0 Å². The van der Waals surface area contributed by atoms with E-state index in [1.54, 1.807) is 0 Å². The molecule has 1 aliphatic rings. The molecule has 0 spiro atoms. The van der Waals surface area contributed by atoms with E-state index in [0.29, 0.717) is 13.0 Å². The molecule has 0 radical (unpaired) electrons. The van der Waals surface area contributed by atoms with Crippen molar-refractivity contribution in [1.82, 2.24) is 5.32 Å². The molecule has 18 heavy (non-hydrogen) atoms. The Hall–Kier alpha value is -1.59. The van der Waals surface area contributed by atoms with Crippen molar-refractivity contribution in [3.8, 4) is 0 Å². The van der Waals surface area contributed by atoms with Crippen molar-refractivity contribution < 1.29 is 19.4 Å². The van der Waals surface area contributed by atoms with Crippen molar-refractivity contribution in [1.29, 1.82) is 0 Å². The Kier molecular flexibility index (Phi) is 4.55. The monoisotopic (exact) mass is 251 g/mol. The zero-order chi connectivity index (χ0) is 12.8. The first-order valence-corrected chi connectivity index (χ1v) is 5.99. The largest absolute Gasteiger partial charge is 0.445 e. The number of aliphatic hydroxyl groups excluding tert-OH is 1. The van der Waals surface area contributed by atoms with Crippen LogP contribution in [0.5, 0.6) is 0 Å². The fourth-order valence-corrected chi connectivity index (χ4v) is 1.81. The summed E-state index contributed by atoms with van der Waals surface area (Å²) in [6.07, 6.45) is -0.574. The standard InChI is InChI=1S/C13H17NO4/c15-12-9-17-7-6-11(12)14-13(16)18-8-10-4-2-1-3-5-10/h1-5,11-12,15H,6-9H2,(H,14,16)/t11-,12-/m1/s1. The summed E-state index contributed by atoms with van der Waals surface area (Å²) in [5.41, 5.74) is 0.931. The van der Waals surface area contributed by atoms with Crippen LogP contribution in [-0.4, -0.2) is 36.6 Å². The van der Waals surface area contributed by atoms with Gasteiger partial charge in [0.2, 0.25) is 0 Å². The van der Waals surface area contributed by atoms with Crippen LogP contribution in [0.3, 0.4) is 0 Å². The molecule has 1 amide bonds. The van der Waals surface area contributed by atoms with Gasteiger partial charge in [0.05, 0.1) is 18.8 Å². The van der Waals surface area contributed by atoms with E-state index in [4.69, 9.17) is 9.47 Å². The molecule has 98 valence electrons. The summed E-state index contributed by atoms with van der Waals surface area (Å²) >= 11 is 0. The minimum absolute atomic E-state index is 0.228. The third kappa shape index (κ3) is 3.72. The van der Waals surface area contributed by atoms with Gasteiger partial charge in [0, 0.05) is 6.61 Å². The lowest BCUT2D eigenvalue weighted by molar-refractivity contribution is -0.0274. The SMILES string of the molecule is O=C(N[C@@H]1CCOC[C@H]1O)OCc1ccccc1. The third-order valence-corrected chi connectivity index (χ3v) is 2.84. The Morgan fingerprint density at radius 1 is 1.44 bits per heavy atom. The third-order valence-electron chi connectivity index (χ3n) is 2.84. The molecule has 1 aliphatic heterocycles. The number of aliphatic hydroxyl groups is 1. The summed E-state index contributed by atoms with van der Waals surface area (Å²) < 4.78 is 10.2. The molecule has 0 saturated carbocycles. The highest BCUT2D eigenvalue weighted by molar-refractivity contribution is 5.67. The minimum atomic E-state index is -0.664. The fraction of sp³-hybridized carbons (Fsp3) is 0.462. The number of nitrogens with one attached hydrogen (secondary N) is 1. The Morgan fingerprint density at radius 3 is 2.94 bits per heavy atom. The van der Waals surface area contributed by atoms with Gasteiger partial charge in [-0.25, -0.2) is 4.79 Å². The highest BCUT2D eigenvalue weighted by Gasteiger charge is 2.25. The first-order chi connectivity index (χ1) is 8.75. The zero-order valence-corrected chi connectivity index (χ0v) is 10.0. The first kappa shape index (κ1) is 12.9. The molecule has 1 aromatic carbocycles. The Bertz CT molecular complexity index is 382. The van der Waals surface area contributed by atoms with Crippen LogP contribution >= 0.6 is 0 Å². The summed E-state index contributed by atoms with van der Waals surface area (Å²) in [5.74, 6) is 0. The number of rotatable bonds is 3. The molecule has 2 atom stereocenters. The van der Waals surface area contributed by atoms with E-state index in [-0.39, 0.29) is 19.3 Å². The van der Waals surface area contributed by atoms with Crippen LogP contribution in [0.15, 0.2) is 30.3 Å². The average molecular weight is 251 g/mol. The molecule has 5 nitrogen and oxygen atoms in total. The van der Waals surface area contributed by atoms with Crippen molar-refractivity contribution in [2.24, 2.45) is 0 Å².